The molecule has 6 nitrogen and oxygen atoms in total. The maximum Gasteiger partial charge on any atom is 0.255 e. The van der Waals surface area contributed by atoms with Crippen molar-refractivity contribution in [2.45, 2.75) is 25.4 Å². The highest BCUT2D eigenvalue weighted by atomic mass is 16.2. The summed E-state index contributed by atoms with van der Waals surface area (Å²) in [6.07, 6.45) is 0.340. The highest BCUT2D eigenvalue weighted by Crippen LogP contribution is 2.30. The van der Waals surface area contributed by atoms with Gasteiger partial charge in [-0.3, -0.25) is 19.7 Å². The Balaban J connectivity index is 2.02. The lowest BCUT2D eigenvalue weighted by Gasteiger charge is -2.29. The summed E-state index contributed by atoms with van der Waals surface area (Å²) in [5, 5.41) is 2.18. The number of benzene rings is 1. The smallest absolute Gasteiger partial charge is 0.255 e. The molecular formula is C13H13N3O3. The van der Waals surface area contributed by atoms with Crippen molar-refractivity contribution in [3.63, 3.8) is 0 Å². The monoisotopic (exact) mass is 262 g/mol. The summed E-state index contributed by atoms with van der Waals surface area (Å²) in [6, 6.07) is -1.86. The molecule has 0 spiro atoms. The Morgan fingerprint density at radius 1 is 1.37 bits per heavy atom. The molecule has 1 saturated heterocycles. The summed E-state index contributed by atoms with van der Waals surface area (Å²) in [5.74, 6) is -1.50. The number of anilines is 1. The number of nitrogen functional groups attached to an aromatic ring is 1. The first-order valence-corrected chi connectivity index (χ1v) is 5.85. The molecule has 3 N–H and O–H groups in total. The predicted molar refractivity (Wildman–Crippen MR) is 66.9 cm³/mol. The number of nitrogens with one attached hydrogen (secondary N) is 1. The van der Waals surface area contributed by atoms with Crippen LogP contribution in [0.4, 0.5) is 5.69 Å². The zero-order chi connectivity index (χ0) is 16.2. The summed E-state index contributed by atoms with van der Waals surface area (Å²) in [6.45, 7) is 0.00428. The number of carbonyl (C=O) groups is 3. The first-order chi connectivity index (χ1) is 10.3. The lowest BCUT2D eigenvalue weighted by Crippen LogP contribution is -2.52. The molecule has 2 aliphatic rings. The topological polar surface area (TPSA) is 92.5 Å². The maximum absolute atomic E-state index is 12.5. The fourth-order valence-electron chi connectivity index (χ4n) is 2.41. The maximum atomic E-state index is 12.5. The van der Waals surface area contributed by atoms with Gasteiger partial charge in [-0.15, -0.1) is 0 Å². The number of hydrogen-bond donors (Lipinski definition) is 2. The molecule has 0 saturated carbocycles. The molecule has 2 aliphatic heterocycles. The van der Waals surface area contributed by atoms with Gasteiger partial charge in [0.2, 0.25) is 11.8 Å². The van der Waals surface area contributed by atoms with Crippen LogP contribution >= 0.6 is 0 Å². The average Bonchev–Trinajstić information content (AvgIpc) is 2.81. The highest BCUT2D eigenvalue weighted by molar-refractivity contribution is 6.06. The summed E-state index contributed by atoms with van der Waals surface area (Å²) >= 11 is 0. The number of amides is 3. The molecule has 3 rings (SSSR count). The van der Waals surface area contributed by atoms with E-state index in [1.165, 1.54) is 4.90 Å². The zero-order valence-corrected chi connectivity index (χ0v) is 9.95. The molecule has 98 valence electrons. The molecule has 1 aromatic carbocycles. The summed E-state index contributed by atoms with van der Waals surface area (Å²) in [7, 11) is 0. The van der Waals surface area contributed by atoms with Crippen LogP contribution < -0.4 is 11.1 Å². The van der Waals surface area contributed by atoms with Gasteiger partial charge in [-0.25, -0.2) is 0 Å². The molecule has 1 atom stereocenters. The fraction of sp³-hybridized carbons (Fsp3) is 0.308. The Labute approximate surface area is 113 Å². The third kappa shape index (κ3) is 1.76. The normalized spacial score (nSPS) is 24.6. The summed E-state index contributed by atoms with van der Waals surface area (Å²) in [4.78, 5) is 36.9. The SMILES string of the molecule is [2H]c1c([2H])c(N)c2c(c1[2H])C(=O)N(C1CCC(=O)NC1=O)C2. The van der Waals surface area contributed by atoms with Gasteiger partial charge in [0, 0.05) is 29.8 Å². The van der Waals surface area contributed by atoms with Crippen LogP contribution in [0.5, 0.6) is 0 Å². The molecule has 0 radical (unpaired) electrons. The van der Waals surface area contributed by atoms with Crippen molar-refractivity contribution >= 4 is 23.4 Å². The third-order valence-electron chi connectivity index (χ3n) is 3.40. The van der Waals surface area contributed by atoms with E-state index in [2.05, 4.69) is 5.32 Å². The molecule has 1 fully saturated rings. The Morgan fingerprint density at radius 3 is 2.89 bits per heavy atom. The second kappa shape index (κ2) is 4.08. The van der Waals surface area contributed by atoms with E-state index in [1.54, 1.807) is 0 Å². The average molecular weight is 262 g/mol. The molecule has 0 aliphatic carbocycles. The Morgan fingerprint density at radius 2 is 2.16 bits per heavy atom. The van der Waals surface area contributed by atoms with Gasteiger partial charge < -0.3 is 10.6 Å². The second-order valence-corrected chi connectivity index (χ2v) is 4.54. The molecule has 1 unspecified atom stereocenters. The molecule has 6 heteroatoms. The van der Waals surface area contributed by atoms with E-state index in [9.17, 15) is 14.4 Å². The number of piperidine rings is 1. The number of hydrogen-bond acceptors (Lipinski definition) is 4. The number of rotatable bonds is 1. The first kappa shape index (κ1) is 8.68. The number of nitrogens with zero attached hydrogens (tertiary/aromatic N) is 1. The molecule has 19 heavy (non-hydrogen) atoms. The standard InChI is InChI=1S/C13H13N3O3/c14-9-3-1-2-7-8(9)6-16(13(7)19)10-4-5-11(17)15-12(10)18/h1-3,10H,4-6,14H2,(H,15,17,18)/i1D,2D,3D. The van der Waals surface area contributed by atoms with E-state index in [0.29, 0.717) is 5.56 Å². The van der Waals surface area contributed by atoms with Crippen molar-refractivity contribution in [2.24, 2.45) is 0 Å². The number of fused-ring (bicyclic) bond motifs is 1. The van der Waals surface area contributed by atoms with Gasteiger partial charge in [0.25, 0.3) is 5.91 Å². The first-order valence-electron chi connectivity index (χ1n) is 7.35. The van der Waals surface area contributed by atoms with Gasteiger partial charge in [0.15, 0.2) is 0 Å². The Bertz CT molecular complexity index is 735. The quantitative estimate of drug-likeness (QED) is 0.551. The number of imide groups is 1. The number of nitrogens with two attached hydrogens (primary N) is 1. The van der Waals surface area contributed by atoms with Crippen LogP contribution in [0.1, 0.15) is 32.9 Å². The van der Waals surface area contributed by atoms with Gasteiger partial charge in [0.05, 0.1) is 4.11 Å². The molecule has 3 amide bonds. The van der Waals surface area contributed by atoms with Crippen molar-refractivity contribution in [1.29, 1.82) is 0 Å². The molecule has 2 heterocycles. The largest absolute Gasteiger partial charge is 0.398 e. The van der Waals surface area contributed by atoms with Gasteiger partial charge in [-0.1, -0.05) is 6.04 Å². The van der Waals surface area contributed by atoms with E-state index in [4.69, 9.17) is 9.85 Å². The van der Waals surface area contributed by atoms with Crippen LogP contribution in [0.3, 0.4) is 0 Å². The predicted octanol–water partition coefficient (Wildman–Crippen LogP) is 0.0298. The minimum absolute atomic E-state index is 0.00428. The van der Waals surface area contributed by atoms with Crippen LogP contribution in [0, 0.1) is 0 Å². The minimum atomic E-state index is -0.806. The molecule has 1 aromatic rings. The lowest BCUT2D eigenvalue weighted by molar-refractivity contribution is -0.136. The van der Waals surface area contributed by atoms with E-state index < -0.39 is 23.9 Å². The van der Waals surface area contributed by atoms with Crippen LogP contribution in [0.25, 0.3) is 0 Å². The van der Waals surface area contributed by atoms with Gasteiger partial charge >= 0.3 is 0 Å². The van der Waals surface area contributed by atoms with Crippen molar-refractivity contribution in [2.75, 3.05) is 5.73 Å². The minimum Gasteiger partial charge on any atom is -0.398 e. The Hall–Kier alpha value is -2.37. The second-order valence-electron chi connectivity index (χ2n) is 4.54. The Kier molecular flexibility index (Phi) is 1.87. The van der Waals surface area contributed by atoms with Crippen LogP contribution in [-0.4, -0.2) is 28.7 Å². The van der Waals surface area contributed by atoms with Gasteiger partial charge in [0.1, 0.15) is 6.04 Å². The van der Waals surface area contributed by atoms with E-state index in [1.807, 2.05) is 0 Å². The van der Waals surface area contributed by atoms with Crippen molar-refractivity contribution in [3.05, 3.63) is 29.3 Å². The summed E-state index contributed by atoms with van der Waals surface area (Å²) < 4.78 is 23.2. The van der Waals surface area contributed by atoms with Gasteiger partial charge in [-0.05, 0) is 18.5 Å². The van der Waals surface area contributed by atoms with Crippen molar-refractivity contribution in [3.8, 4) is 0 Å². The highest BCUT2D eigenvalue weighted by Gasteiger charge is 2.39. The van der Waals surface area contributed by atoms with Gasteiger partial charge in [-0.2, -0.15) is 0 Å². The summed E-state index contributed by atoms with van der Waals surface area (Å²) in [5.41, 5.74) is 6.06. The van der Waals surface area contributed by atoms with Crippen molar-refractivity contribution < 1.29 is 18.5 Å². The van der Waals surface area contributed by atoms with E-state index in [-0.39, 0.29) is 48.6 Å². The van der Waals surface area contributed by atoms with Crippen molar-refractivity contribution in [1.82, 2.24) is 10.2 Å². The van der Waals surface area contributed by atoms with Crippen LogP contribution in [0.15, 0.2) is 18.1 Å². The van der Waals surface area contributed by atoms with E-state index >= 15 is 0 Å². The molecule has 0 aromatic heterocycles. The third-order valence-corrected chi connectivity index (χ3v) is 3.40. The lowest BCUT2D eigenvalue weighted by atomic mass is 10.0. The van der Waals surface area contributed by atoms with Crippen LogP contribution in [-0.2, 0) is 16.1 Å². The molecular weight excluding hydrogens is 246 g/mol. The zero-order valence-electron chi connectivity index (χ0n) is 12.9. The number of carbonyl (C=O) groups excluding carboxylic acids is 3. The molecule has 0 bridgehead atoms. The fourth-order valence-corrected chi connectivity index (χ4v) is 2.41. The van der Waals surface area contributed by atoms with E-state index in [0.717, 1.165) is 0 Å². The van der Waals surface area contributed by atoms with Crippen LogP contribution in [0.2, 0.25) is 0 Å².